The van der Waals surface area contributed by atoms with Gasteiger partial charge in [-0.2, -0.15) is 10.5 Å². The number of carbonyl (C=O) groups is 5. The number of hydrogen-bond donors (Lipinski definition) is 7. The van der Waals surface area contributed by atoms with Gasteiger partial charge in [-0.15, -0.1) is 0 Å². The molecule has 21 nitrogen and oxygen atoms in total. The summed E-state index contributed by atoms with van der Waals surface area (Å²) in [4.78, 5) is 73.5. The normalized spacial score (nSPS) is 14.2. The monoisotopic (exact) mass is 991 g/mol. The fraction of sp³-hybridized carbons (Fsp3) is 0.413. The van der Waals surface area contributed by atoms with Gasteiger partial charge in [0.2, 0.25) is 17.7 Å². The summed E-state index contributed by atoms with van der Waals surface area (Å²) in [5.41, 5.74) is 7.26. The summed E-state index contributed by atoms with van der Waals surface area (Å²) >= 11 is 7.16. The zero-order valence-electron chi connectivity index (χ0n) is 39.0. The number of nitrogen functional groups attached to an aromatic ring is 1. The highest BCUT2D eigenvalue weighted by molar-refractivity contribution is 7.98. The number of ether oxygens (including phenoxy) is 4. The number of nitrogens with one attached hydrogen (secondary N) is 4. The molecule has 7 atom stereocenters. The van der Waals surface area contributed by atoms with Crippen LogP contribution >= 0.6 is 23.4 Å². The maximum atomic E-state index is 13.5. The van der Waals surface area contributed by atoms with Crippen LogP contribution < -0.4 is 31.7 Å². The van der Waals surface area contributed by atoms with Gasteiger partial charge in [0.25, 0.3) is 0 Å². The van der Waals surface area contributed by atoms with Crippen molar-refractivity contribution in [2.45, 2.75) is 107 Å². The number of nitrogens with zero attached hydrogens (tertiary/aromatic N) is 4. The molecule has 0 bridgehead atoms. The molecule has 2 heterocycles. The zero-order chi connectivity index (χ0) is 51.2. The maximum absolute atomic E-state index is 13.5. The minimum absolute atomic E-state index is 0.0471. The zero-order valence-corrected chi connectivity index (χ0v) is 40.6. The predicted molar refractivity (Wildman–Crippen MR) is 251 cm³/mol. The van der Waals surface area contributed by atoms with E-state index in [0.717, 1.165) is 11.8 Å². The minimum Gasteiger partial charge on any atom is -0.490 e. The Labute approximate surface area is 407 Å². The first-order chi connectivity index (χ1) is 32.5. The number of amides is 3. The molecular formula is C46H54ClN9O12S. The predicted octanol–water partition coefficient (Wildman–Crippen LogP) is 3.76. The molecule has 2 aromatic heterocycles. The number of benzene rings is 2. The Morgan fingerprint density at radius 3 is 1.97 bits per heavy atom. The number of hydrogen-bond acceptors (Lipinski definition) is 19. The van der Waals surface area contributed by atoms with Crippen molar-refractivity contribution in [1.29, 1.82) is 10.5 Å². The van der Waals surface area contributed by atoms with Gasteiger partial charge in [0.1, 0.15) is 65.4 Å². The third-order valence-electron chi connectivity index (χ3n) is 9.71. The lowest BCUT2D eigenvalue weighted by Crippen LogP contribution is -2.55. The highest BCUT2D eigenvalue weighted by Gasteiger charge is 2.34. The number of nitriles is 2. The first-order valence-electron chi connectivity index (χ1n) is 21.3. The standard InChI is InChI=1S/C46H54ClN9O12S/c1-23(51-8)39(59)55-37(26(4)58)44(62)67-32(21-66-43(61)36(25(3)57)54-40(60)24(2)52-45(63)68-46(5,6)7)20-64-31-15-11-27(12-16-31)35-33(17-48)38(50)56-42(34(35)18-49)69-22-30-19-65-41(53-30)28-9-13-29(47)14-10-28/h9-16,19,23-26,32,36-37,51,57-58H,20-22H2,1-8H3,(H2,50,56)(H,52,63)(H,54,60)(H,55,59). The van der Waals surface area contributed by atoms with Gasteiger partial charge in [-0.1, -0.05) is 35.5 Å². The molecule has 0 spiro atoms. The third kappa shape index (κ3) is 15.8. The molecule has 0 saturated carbocycles. The van der Waals surface area contributed by atoms with Crippen molar-refractivity contribution in [2.24, 2.45) is 0 Å². The van der Waals surface area contributed by atoms with Crippen LogP contribution in [-0.2, 0) is 39.1 Å². The van der Waals surface area contributed by atoms with Crippen LogP contribution in [0.25, 0.3) is 22.6 Å². The van der Waals surface area contributed by atoms with Crippen LogP contribution in [0.2, 0.25) is 5.02 Å². The lowest BCUT2D eigenvalue weighted by atomic mass is 9.97. The van der Waals surface area contributed by atoms with Crippen molar-refractivity contribution in [2.75, 3.05) is 26.0 Å². The van der Waals surface area contributed by atoms with Gasteiger partial charge in [-0.05, 0) is 97.5 Å². The molecular weight excluding hydrogens is 938 g/mol. The summed E-state index contributed by atoms with van der Waals surface area (Å²) in [7, 11) is 1.52. The topological polar surface area (TPSA) is 323 Å². The van der Waals surface area contributed by atoms with Crippen molar-refractivity contribution in [1.82, 2.24) is 31.2 Å². The highest BCUT2D eigenvalue weighted by atomic mass is 35.5. The number of esters is 2. The van der Waals surface area contributed by atoms with Crippen LogP contribution in [0.1, 0.15) is 65.3 Å². The second-order valence-electron chi connectivity index (χ2n) is 16.4. The molecule has 23 heteroatoms. The molecule has 0 fully saturated rings. The summed E-state index contributed by atoms with van der Waals surface area (Å²) in [5, 5.41) is 51.9. The average molecular weight is 993 g/mol. The van der Waals surface area contributed by atoms with Crippen molar-refractivity contribution >= 4 is 59.0 Å². The van der Waals surface area contributed by atoms with E-state index in [2.05, 4.69) is 37.3 Å². The number of anilines is 1. The molecule has 0 aliphatic rings. The van der Waals surface area contributed by atoms with E-state index in [1.54, 1.807) is 57.2 Å². The Balaban J connectivity index is 1.55. The number of thioether (sulfide) groups is 1. The molecule has 7 unspecified atom stereocenters. The summed E-state index contributed by atoms with van der Waals surface area (Å²) in [6.45, 7) is 8.99. The van der Waals surface area contributed by atoms with E-state index in [4.69, 9.17) is 40.7 Å². The van der Waals surface area contributed by atoms with E-state index in [1.807, 2.05) is 6.07 Å². The largest absolute Gasteiger partial charge is 0.490 e. The summed E-state index contributed by atoms with van der Waals surface area (Å²) in [5.74, 6) is -3.12. The summed E-state index contributed by atoms with van der Waals surface area (Å²) < 4.78 is 27.8. The number of halogens is 1. The van der Waals surface area contributed by atoms with Crippen molar-refractivity contribution in [3.63, 3.8) is 0 Å². The quantitative estimate of drug-likeness (QED) is 0.0355. The van der Waals surface area contributed by atoms with Crippen molar-refractivity contribution < 1.29 is 57.6 Å². The van der Waals surface area contributed by atoms with E-state index in [-0.39, 0.29) is 39.0 Å². The van der Waals surface area contributed by atoms with Crippen LogP contribution in [0, 0.1) is 22.7 Å². The highest BCUT2D eigenvalue weighted by Crippen LogP contribution is 2.37. The van der Waals surface area contributed by atoms with Crippen LogP contribution in [0.3, 0.4) is 0 Å². The van der Waals surface area contributed by atoms with E-state index in [0.29, 0.717) is 27.7 Å². The SMILES string of the molecule is CNC(C)C(=O)NC(C(=O)OC(COC(=O)C(NC(=O)C(C)NC(=O)OC(C)(C)C)C(C)O)COc1ccc(-c2c(C#N)c(N)nc(SCc3coc(-c4ccc(Cl)cc4)n3)c2C#N)cc1)C(C)O. The molecule has 368 valence electrons. The molecule has 0 saturated heterocycles. The molecule has 0 aliphatic heterocycles. The number of aromatic nitrogens is 2. The molecule has 0 aliphatic carbocycles. The second kappa shape index (κ2) is 24.9. The van der Waals surface area contributed by atoms with Crippen LogP contribution in [0.5, 0.6) is 5.75 Å². The number of aliphatic hydroxyl groups excluding tert-OH is 2. The number of pyridine rings is 1. The van der Waals surface area contributed by atoms with Crippen LogP contribution in [0.4, 0.5) is 10.6 Å². The van der Waals surface area contributed by atoms with E-state index < -0.39 is 91.1 Å². The molecule has 4 aromatic rings. The van der Waals surface area contributed by atoms with Gasteiger partial charge < -0.3 is 60.6 Å². The Morgan fingerprint density at radius 2 is 1.41 bits per heavy atom. The van der Waals surface area contributed by atoms with E-state index in [9.17, 15) is 44.7 Å². The number of aliphatic hydroxyl groups is 2. The van der Waals surface area contributed by atoms with Gasteiger partial charge in [0, 0.05) is 21.9 Å². The number of nitrogens with two attached hydrogens (primary N) is 1. The molecule has 8 N–H and O–H groups in total. The molecule has 4 rings (SSSR count). The van der Waals surface area contributed by atoms with Crippen LogP contribution in [0.15, 0.2) is 64.2 Å². The molecule has 3 amide bonds. The smallest absolute Gasteiger partial charge is 0.408 e. The molecule has 69 heavy (non-hydrogen) atoms. The van der Waals surface area contributed by atoms with Crippen molar-refractivity contribution in [3.05, 3.63) is 76.6 Å². The van der Waals surface area contributed by atoms with Gasteiger partial charge in [-0.3, -0.25) is 9.59 Å². The van der Waals surface area contributed by atoms with Gasteiger partial charge in [-0.25, -0.2) is 24.4 Å². The maximum Gasteiger partial charge on any atom is 0.408 e. The van der Waals surface area contributed by atoms with Crippen LogP contribution in [-0.4, -0.2) is 118 Å². The Bertz CT molecular complexity index is 2540. The van der Waals surface area contributed by atoms with Crippen molar-refractivity contribution in [3.8, 4) is 40.5 Å². The number of oxazole rings is 1. The Hall–Kier alpha value is -6.95. The fourth-order valence-electron chi connectivity index (χ4n) is 5.95. The third-order valence-corrected chi connectivity index (χ3v) is 11.0. The van der Waals surface area contributed by atoms with Gasteiger partial charge in [0.05, 0.1) is 29.5 Å². The molecule has 0 radical (unpaired) electrons. The number of rotatable bonds is 21. The van der Waals surface area contributed by atoms with Gasteiger partial charge >= 0.3 is 18.0 Å². The fourth-order valence-corrected chi connectivity index (χ4v) is 6.95. The Kier molecular flexibility index (Phi) is 19.7. The number of likely N-dealkylation sites (N-methyl/N-ethyl adjacent to an activating group) is 1. The Morgan fingerprint density at radius 1 is 0.826 bits per heavy atom. The lowest BCUT2D eigenvalue weighted by Gasteiger charge is -2.26. The average Bonchev–Trinajstić information content (AvgIpc) is 3.77. The first-order valence-corrected chi connectivity index (χ1v) is 22.6. The lowest BCUT2D eigenvalue weighted by molar-refractivity contribution is -0.167. The first kappa shape index (κ1) is 54.7. The second-order valence-corrected chi connectivity index (χ2v) is 17.8. The summed E-state index contributed by atoms with van der Waals surface area (Å²) in [6.07, 6.45) is -3.81. The van der Waals surface area contributed by atoms with Gasteiger partial charge in [0.15, 0.2) is 18.2 Å². The molecule has 2 aromatic carbocycles. The summed E-state index contributed by atoms with van der Waals surface area (Å²) in [6, 6.07) is 12.0. The minimum atomic E-state index is -1.66. The van der Waals surface area contributed by atoms with E-state index >= 15 is 0 Å². The number of alkyl carbamates (subject to hydrolysis) is 1. The van der Waals surface area contributed by atoms with E-state index in [1.165, 1.54) is 53.1 Å². The number of carbonyl (C=O) groups excluding carboxylic acids is 5.